The predicted octanol–water partition coefficient (Wildman–Crippen LogP) is 9.39. The first kappa shape index (κ1) is 34.3. The first-order valence-electron chi connectivity index (χ1n) is 17.5. The largest absolute Gasteiger partial charge is 0.378 e. The Balaban J connectivity index is 1.52. The minimum Gasteiger partial charge on any atom is -0.378 e. The Morgan fingerprint density at radius 1 is 0.269 bits per heavy atom. The van der Waals surface area contributed by atoms with Crippen LogP contribution in [0.3, 0.4) is 0 Å². The zero-order valence-corrected chi connectivity index (χ0v) is 31.2. The standard InChI is InChI=1S/C46H44N4O2/c1-47(2)33-17-9-29(10-18-33)37-25-26-38(30-11-19-34(20-12-30)48(3)4)42-41(37)45(51)43-39(31-13-21-35(22-14-31)49(5)6)27-28-40(44(43)46(42)52)32-15-23-36(24-16-32)50(7)8/h9-28H,1-8H3. The van der Waals surface area contributed by atoms with Crippen molar-refractivity contribution < 1.29 is 9.59 Å². The molecule has 0 radical (unpaired) electrons. The SMILES string of the molecule is CN(C)c1ccc(-c2ccc(-c3ccc(N(C)C)cc3)c3c2C(=O)c2c(-c4ccc(N(C)C)cc4)ccc(-c4ccc(N(C)C)cc4)c2C3=O)cc1. The molecule has 6 heteroatoms. The van der Waals surface area contributed by atoms with Crippen molar-refractivity contribution in [2.24, 2.45) is 0 Å². The summed E-state index contributed by atoms with van der Waals surface area (Å²) in [6.45, 7) is 0. The highest BCUT2D eigenvalue weighted by molar-refractivity contribution is 6.35. The van der Waals surface area contributed by atoms with Crippen molar-refractivity contribution in [3.63, 3.8) is 0 Å². The van der Waals surface area contributed by atoms with E-state index in [1.54, 1.807) is 0 Å². The van der Waals surface area contributed by atoms with Gasteiger partial charge in [-0.3, -0.25) is 9.59 Å². The molecular weight excluding hydrogens is 641 g/mol. The van der Waals surface area contributed by atoms with Crippen LogP contribution in [0.5, 0.6) is 0 Å². The maximum Gasteiger partial charge on any atom is 0.195 e. The molecular formula is C46H44N4O2. The fraction of sp³-hybridized carbons (Fsp3) is 0.174. The van der Waals surface area contributed by atoms with Gasteiger partial charge in [-0.1, -0.05) is 72.8 Å². The number of hydrogen-bond acceptors (Lipinski definition) is 6. The minimum atomic E-state index is -0.151. The van der Waals surface area contributed by atoms with E-state index in [0.717, 1.165) is 67.3 Å². The van der Waals surface area contributed by atoms with E-state index >= 15 is 9.59 Å². The summed E-state index contributed by atoms with van der Waals surface area (Å²) in [5.41, 5.74) is 12.5. The van der Waals surface area contributed by atoms with Gasteiger partial charge < -0.3 is 19.6 Å². The van der Waals surface area contributed by atoms with Crippen LogP contribution in [0.25, 0.3) is 44.5 Å². The fourth-order valence-electron chi connectivity index (χ4n) is 7.12. The van der Waals surface area contributed by atoms with Gasteiger partial charge in [-0.05, 0) is 93.0 Å². The lowest BCUT2D eigenvalue weighted by atomic mass is 9.73. The molecule has 0 heterocycles. The van der Waals surface area contributed by atoms with Gasteiger partial charge in [0, 0.05) is 101 Å². The quantitative estimate of drug-likeness (QED) is 0.159. The van der Waals surface area contributed by atoms with Crippen molar-refractivity contribution in [1.29, 1.82) is 0 Å². The van der Waals surface area contributed by atoms with Crippen molar-refractivity contribution in [1.82, 2.24) is 0 Å². The molecule has 1 aliphatic carbocycles. The molecule has 6 nitrogen and oxygen atoms in total. The summed E-state index contributed by atoms with van der Waals surface area (Å²) >= 11 is 0. The van der Waals surface area contributed by atoms with Crippen LogP contribution in [0.4, 0.5) is 22.7 Å². The molecule has 0 aliphatic heterocycles. The first-order valence-corrected chi connectivity index (χ1v) is 17.5. The van der Waals surface area contributed by atoms with Gasteiger partial charge in [0.05, 0.1) is 0 Å². The Morgan fingerprint density at radius 2 is 0.442 bits per heavy atom. The molecule has 0 fully saturated rings. The van der Waals surface area contributed by atoms with Crippen molar-refractivity contribution in [3.05, 3.63) is 144 Å². The molecule has 0 spiro atoms. The molecule has 0 atom stereocenters. The predicted molar refractivity (Wildman–Crippen MR) is 219 cm³/mol. The summed E-state index contributed by atoms with van der Waals surface area (Å²) in [4.78, 5) is 39.1. The lowest BCUT2D eigenvalue weighted by Gasteiger charge is -2.27. The summed E-state index contributed by atoms with van der Waals surface area (Å²) in [5, 5.41) is 0. The summed E-state index contributed by atoms with van der Waals surface area (Å²) < 4.78 is 0. The average Bonchev–Trinajstić information content (AvgIpc) is 3.16. The number of anilines is 4. The topological polar surface area (TPSA) is 47.1 Å². The molecule has 0 bridgehead atoms. The number of carbonyl (C=O) groups excluding carboxylic acids is 2. The molecule has 0 unspecified atom stereocenters. The molecule has 1 aliphatic rings. The van der Waals surface area contributed by atoms with Crippen LogP contribution in [0.15, 0.2) is 121 Å². The Morgan fingerprint density at radius 3 is 0.596 bits per heavy atom. The highest BCUT2D eigenvalue weighted by Crippen LogP contribution is 2.46. The normalized spacial score (nSPS) is 11.9. The van der Waals surface area contributed by atoms with E-state index in [1.165, 1.54) is 0 Å². The second-order valence-electron chi connectivity index (χ2n) is 14.2. The maximum absolute atomic E-state index is 15.5. The van der Waals surface area contributed by atoms with E-state index in [4.69, 9.17) is 0 Å². The van der Waals surface area contributed by atoms with Crippen LogP contribution >= 0.6 is 0 Å². The number of rotatable bonds is 8. The van der Waals surface area contributed by atoms with Crippen molar-refractivity contribution in [2.45, 2.75) is 0 Å². The third-order valence-electron chi connectivity index (χ3n) is 10.1. The molecule has 7 rings (SSSR count). The van der Waals surface area contributed by atoms with Gasteiger partial charge in [-0.2, -0.15) is 0 Å². The Bertz CT molecular complexity index is 1970. The Labute approximate surface area is 307 Å². The van der Waals surface area contributed by atoms with E-state index in [1.807, 2.05) is 197 Å². The number of nitrogens with zero attached hydrogens (tertiary/aromatic N) is 4. The second-order valence-corrected chi connectivity index (χ2v) is 14.2. The zero-order valence-electron chi connectivity index (χ0n) is 31.2. The summed E-state index contributed by atoms with van der Waals surface area (Å²) in [5.74, 6) is -0.303. The molecule has 6 aromatic rings. The smallest absolute Gasteiger partial charge is 0.195 e. The minimum absolute atomic E-state index is 0.151. The Kier molecular flexibility index (Phi) is 8.93. The summed E-state index contributed by atoms with van der Waals surface area (Å²) in [7, 11) is 16.0. The average molecular weight is 685 g/mol. The van der Waals surface area contributed by atoms with Gasteiger partial charge in [0.25, 0.3) is 0 Å². The second kappa shape index (κ2) is 13.5. The van der Waals surface area contributed by atoms with Crippen molar-refractivity contribution >= 4 is 34.3 Å². The van der Waals surface area contributed by atoms with Gasteiger partial charge in [-0.25, -0.2) is 0 Å². The van der Waals surface area contributed by atoms with Crippen LogP contribution in [-0.2, 0) is 0 Å². The molecule has 0 aromatic heterocycles. The number of benzene rings is 6. The lowest BCUT2D eigenvalue weighted by Crippen LogP contribution is -2.25. The monoisotopic (exact) mass is 684 g/mol. The third-order valence-corrected chi connectivity index (χ3v) is 10.1. The van der Waals surface area contributed by atoms with Gasteiger partial charge in [0.1, 0.15) is 0 Å². The van der Waals surface area contributed by atoms with E-state index in [9.17, 15) is 0 Å². The van der Waals surface area contributed by atoms with Crippen LogP contribution in [0, 0.1) is 0 Å². The third kappa shape index (κ3) is 6.00. The fourth-order valence-corrected chi connectivity index (χ4v) is 7.12. The van der Waals surface area contributed by atoms with Crippen LogP contribution in [0.2, 0.25) is 0 Å². The van der Waals surface area contributed by atoms with Gasteiger partial charge in [0.2, 0.25) is 0 Å². The van der Waals surface area contributed by atoms with Gasteiger partial charge >= 0.3 is 0 Å². The van der Waals surface area contributed by atoms with Gasteiger partial charge in [0.15, 0.2) is 11.6 Å². The van der Waals surface area contributed by atoms with Crippen LogP contribution in [0.1, 0.15) is 31.8 Å². The van der Waals surface area contributed by atoms with E-state index in [0.29, 0.717) is 22.3 Å². The highest BCUT2D eigenvalue weighted by Gasteiger charge is 2.38. The molecule has 52 heavy (non-hydrogen) atoms. The molecule has 0 N–H and O–H groups in total. The van der Waals surface area contributed by atoms with E-state index in [2.05, 4.69) is 0 Å². The van der Waals surface area contributed by atoms with E-state index < -0.39 is 0 Å². The molecule has 260 valence electrons. The molecule has 0 amide bonds. The van der Waals surface area contributed by atoms with E-state index in [-0.39, 0.29) is 11.6 Å². The summed E-state index contributed by atoms with van der Waals surface area (Å²) in [6, 6.07) is 40.7. The number of fused-ring (bicyclic) bond motifs is 2. The zero-order chi connectivity index (χ0) is 36.8. The number of ketones is 2. The van der Waals surface area contributed by atoms with Crippen LogP contribution < -0.4 is 19.6 Å². The number of carbonyl (C=O) groups is 2. The highest BCUT2D eigenvalue weighted by atomic mass is 16.1. The van der Waals surface area contributed by atoms with Crippen molar-refractivity contribution in [2.75, 3.05) is 76.0 Å². The van der Waals surface area contributed by atoms with Crippen LogP contribution in [-0.4, -0.2) is 67.9 Å². The Hall–Kier alpha value is -6.14. The summed E-state index contributed by atoms with van der Waals surface area (Å²) in [6.07, 6.45) is 0. The molecule has 6 aromatic carbocycles. The van der Waals surface area contributed by atoms with Gasteiger partial charge in [-0.15, -0.1) is 0 Å². The molecule has 0 saturated carbocycles. The molecule has 0 saturated heterocycles. The maximum atomic E-state index is 15.5. The number of hydrogen-bond donors (Lipinski definition) is 0. The first-order chi connectivity index (χ1) is 24.9. The lowest BCUT2D eigenvalue weighted by molar-refractivity contribution is 0.0981. The van der Waals surface area contributed by atoms with Crippen molar-refractivity contribution in [3.8, 4) is 44.5 Å².